The molecule has 0 radical (unpaired) electrons. The van der Waals surface area contributed by atoms with Crippen LogP contribution in [0.1, 0.15) is 25.3 Å². The van der Waals surface area contributed by atoms with Crippen LogP contribution in [-0.2, 0) is 16.1 Å². The van der Waals surface area contributed by atoms with Gasteiger partial charge in [0.15, 0.2) is 0 Å². The number of hydrogen-bond donors (Lipinski definition) is 0. The Balaban J connectivity index is 2.65. The minimum absolute atomic E-state index is 0.0287. The summed E-state index contributed by atoms with van der Waals surface area (Å²) in [5.74, 6) is -0.236. The normalized spacial score (nSPS) is 11.9. The van der Waals surface area contributed by atoms with Crippen LogP contribution in [0, 0.1) is 11.3 Å². The summed E-state index contributed by atoms with van der Waals surface area (Å²) in [6.45, 7) is 3.27. The number of nitrogens with zero attached hydrogens (tertiary/aromatic N) is 3. The molecule has 1 heterocycles. The summed E-state index contributed by atoms with van der Waals surface area (Å²) >= 11 is 0. The molecule has 1 unspecified atom stereocenters. The van der Waals surface area contributed by atoms with Gasteiger partial charge in [-0.2, -0.15) is 5.26 Å². The fourth-order valence-electron chi connectivity index (χ4n) is 1.83. The number of methoxy groups -OCH3 is 1. The molecule has 0 aliphatic rings. The Morgan fingerprint density at radius 1 is 1.63 bits per heavy atom. The molecule has 19 heavy (non-hydrogen) atoms. The van der Waals surface area contributed by atoms with E-state index in [0.29, 0.717) is 25.9 Å². The molecule has 5 heteroatoms. The van der Waals surface area contributed by atoms with E-state index in [-0.39, 0.29) is 12.0 Å². The molecule has 0 fully saturated rings. The van der Waals surface area contributed by atoms with E-state index >= 15 is 0 Å². The fraction of sp³-hybridized carbons (Fsp3) is 0.500. The molecular weight excluding hydrogens is 242 g/mol. The zero-order valence-electron chi connectivity index (χ0n) is 11.4. The van der Waals surface area contributed by atoms with Crippen molar-refractivity contribution in [2.75, 3.05) is 13.7 Å². The second-order valence-corrected chi connectivity index (χ2v) is 4.37. The summed E-state index contributed by atoms with van der Waals surface area (Å²) < 4.78 is 4.68. The van der Waals surface area contributed by atoms with Crippen molar-refractivity contribution >= 4 is 5.97 Å². The molecule has 0 aromatic carbocycles. The largest absolute Gasteiger partial charge is 0.469 e. The molecule has 1 aromatic heterocycles. The monoisotopic (exact) mass is 261 g/mol. The van der Waals surface area contributed by atoms with Crippen molar-refractivity contribution in [1.29, 1.82) is 5.26 Å². The Labute approximate surface area is 113 Å². The van der Waals surface area contributed by atoms with Gasteiger partial charge in [-0.3, -0.25) is 14.7 Å². The molecule has 0 bridgehead atoms. The first-order valence-electron chi connectivity index (χ1n) is 6.24. The number of aromatic nitrogens is 1. The van der Waals surface area contributed by atoms with E-state index in [1.165, 1.54) is 7.11 Å². The first-order chi connectivity index (χ1) is 9.17. The number of pyridine rings is 1. The van der Waals surface area contributed by atoms with Gasteiger partial charge >= 0.3 is 5.97 Å². The fourth-order valence-corrected chi connectivity index (χ4v) is 1.83. The van der Waals surface area contributed by atoms with E-state index in [0.717, 1.165) is 5.56 Å². The van der Waals surface area contributed by atoms with Crippen LogP contribution < -0.4 is 0 Å². The van der Waals surface area contributed by atoms with Crippen LogP contribution in [0.15, 0.2) is 24.5 Å². The van der Waals surface area contributed by atoms with Crippen molar-refractivity contribution in [3.05, 3.63) is 30.1 Å². The Bertz CT molecular complexity index is 428. The molecule has 0 aliphatic heterocycles. The molecular formula is C14H19N3O2. The quantitative estimate of drug-likeness (QED) is 0.699. The SMILES string of the molecule is COC(=O)CC(C)N(CCC#N)Cc1cccnc1. The predicted molar refractivity (Wildman–Crippen MR) is 71.0 cm³/mol. The summed E-state index contributed by atoms with van der Waals surface area (Å²) in [7, 11) is 1.38. The number of carbonyl (C=O) groups excluding carboxylic acids is 1. The van der Waals surface area contributed by atoms with Gasteiger partial charge in [0.2, 0.25) is 0 Å². The molecule has 0 N–H and O–H groups in total. The van der Waals surface area contributed by atoms with Gasteiger partial charge in [-0.15, -0.1) is 0 Å². The molecule has 0 aliphatic carbocycles. The molecule has 1 atom stereocenters. The van der Waals surface area contributed by atoms with Crippen molar-refractivity contribution in [2.45, 2.75) is 32.4 Å². The maximum atomic E-state index is 11.3. The average molecular weight is 261 g/mol. The van der Waals surface area contributed by atoms with E-state index in [1.807, 2.05) is 19.1 Å². The van der Waals surface area contributed by atoms with E-state index in [4.69, 9.17) is 5.26 Å². The third kappa shape index (κ3) is 5.49. The molecule has 0 saturated carbocycles. The molecule has 0 spiro atoms. The number of esters is 1. The Hall–Kier alpha value is -1.93. The highest BCUT2D eigenvalue weighted by Gasteiger charge is 2.17. The zero-order chi connectivity index (χ0) is 14.1. The zero-order valence-corrected chi connectivity index (χ0v) is 11.4. The van der Waals surface area contributed by atoms with Crippen molar-refractivity contribution in [3.63, 3.8) is 0 Å². The van der Waals surface area contributed by atoms with Crippen molar-refractivity contribution in [3.8, 4) is 6.07 Å². The van der Waals surface area contributed by atoms with Crippen molar-refractivity contribution < 1.29 is 9.53 Å². The van der Waals surface area contributed by atoms with Gasteiger partial charge < -0.3 is 4.74 Å². The summed E-state index contributed by atoms with van der Waals surface area (Å²) in [6, 6.07) is 6.02. The van der Waals surface area contributed by atoms with Crippen LogP contribution in [0.4, 0.5) is 0 Å². The lowest BCUT2D eigenvalue weighted by Gasteiger charge is -2.27. The summed E-state index contributed by atoms with van der Waals surface area (Å²) in [6.07, 6.45) is 4.28. The first-order valence-corrected chi connectivity index (χ1v) is 6.24. The standard InChI is InChI=1S/C14H19N3O2/c1-12(9-14(18)19-2)17(8-4-6-15)11-13-5-3-7-16-10-13/h3,5,7,10,12H,4,8-9,11H2,1-2H3. The number of hydrogen-bond acceptors (Lipinski definition) is 5. The highest BCUT2D eigenvalue weighted by molar-refractivity contribution is 5.69. The Morgan fingerprint density at radius 3 is 3.00 bits per heavy atom. The molecule has 0 amide bonds. The average Bonchev–Trinajstić information content (AvgIpc) is 2.44. The van der Waals surface area contributed by atoms with E-state index in [1.54, 1.807) is 12.4 Å². The van der Waals surface area contributed by atoms with Crippen molar-refractivity contribution in [1.82, 2.24) is 9.88 Å². The third-order valence-electron chi connectivity index (χ3n) is 2.93. The van der Waals surface area contributed by atoms with Gasteiger partial charge in [-0.25, -0.2) is 0 Å². The Morgan fingerprint density at radius 2 is 2.42 bits per heavy atom. The number of rotatable bonds is 7. The van der Waals surface area contributed by atoms with Gasteiger partial charge in [0, 0.05) is 37.9 Å². The smallest absolute Gasteiger partial charge is 0.307 e. The lowest BCUT2D eigenvalue weighted by molar-refractivity contribution is -0.141. The lowest BCUT2D eigenvalue weighted by atomic mass is 10.1. The summed E-state index contributed by atoms with van der Waals surface area (Å²) in [5.41, 5.74) is 1.07. The van der Waals surface area contributed by atoms with Crippen molar-refractivity contribution in [2.24, 2.45) is 0 Å². The molecule has 0 saturated heterocycles. The van der Waals surface area contributed by atoms with Gasteiger partial charge in [-0.05, 0) is 18.6 Å². The Kier molecular flexibility index (Phi) is 6.55. The molecule has 102 valence electrons. The summed E-state index contributed by atoms with van der Waals surface area (Å²) in [5, 5.41) is 8.71. The van der Waals surface area contributed by atoms with Crippen LogP contribution in [-0.4, -0.2) is 35.5 Å². The molecule has 1 aromatic rings. The minimum atomic E-state index is -0.236. The van der Waals surface area contributed by atoms with Crippen LogP contribution in [0.5, 0.6) is 0 Å². The number of carbonyl (C=O) groups is 1. The summed E-state index contributed by atoms with van der Waals surface area (Å²) in [4.78, 5) is 17.5. The van der Waals surface area contributed by atoms with Gasteiger partial charge in [-0.1, -0.05) is 6.07 Å². The highest BCUT2D eigenvalue weighted by atomic mass is 16.5. The second kappa shape index (κ2) is 8.22. The first kappa shape index (κ1) is 15.1. The van der Waals surface area contributed by atoms with Crippen LogP contribution in [0.2, 0.25) is 0 Å². The maximum absolute atomic E-state index is 11.3. The minimum Gasteiger partial charge on any atom is -0.469 e. The predicted octanol–water partition coefficient (Wildman–Crippen LogP) is 1.75. The van der Waals surface area contributed by atoms with Crippen LogP contribution in [0.3, 0.4) is 0 Å². The van der Waals surface area contributed by atoms with E-state index in [9.17, 15) is 4.79 Å². The topological polar surface area (TPSA) is 66.2 Å². The second-order valence-electron chi connectivity index (χ2n) is 4.37. The van der Waals surface area contributed by atoms with E-state index in [2.05, 4.69) is 20.7 Å². The number of ether oxygens (including phenoxy) is 1. The number of nitriles is 1. The van der Waals surface area contributed by atoms with Gasteiger partial charge in [0.05, 0.1) is 19.6 Å². The van der Waals surface area contributed by atoms with Gasteiger partial charge in [0.25, 0.3) is 0 Å². The molecule has 5 nitrogen and oxygen atoms in total. The third-order valence-corrected chi connectivity index (χ3v) is 2.93. The van der Waals surface area contributed by atoms with E-state index < -0.39 is 0 Å². The lowest BCUT2D eigenvalue weighted by Crippen LogP contribution is -2.35. The molecule has 1 rings (SSSR count). The van der Waals surface area contributed by atoms with Crippen LogP contribution in [0.25, 0.3) is 0 Å². The van der Waals surface area contributed by atoms with Gasteiger partial charge in [0.1, 0.15) is 0 Å². The van der Waals surface area contributed by atoms with Crippen LogP contribution >= 0.6 is 0 Å². The highest BCUT2D eigenvalue weighted by Crippen LogP contribution is 2.11. The maximum Gasteiger partial charge on any atom is 0.307 e.